The zero-order valence-corrected chi connectivity index (χ0v) is 31.9. The molecule has 1 amide bonds. The quantitative estimate of drug-likeness (QED) is 0.0568. The summed E-state index contributed by atoms with van der Waals surface area (Å²) < 4.78 is 6.01. The molecule has 5 heteroatoms. The molecule has 2 atom stereocenters. The molecule has 276 valence electrons. The van der Waals surface area contributed by atoms with Gasteiger partial charge in [-0.3, -0.25) is 9.59 Å². The van der Waals surface area contributed by atoms with Gasteiger partial charge < -0.3 is 14.5 Å². The first-order valence-electron chi connectivity index (χ1n) is 21.2. The maximum Gasteiger partial charge on any atom is 0.311 e. The molecule has 0 aromatic heterocycles. The predicted octanol–water partition coefficient (Wildman–Crippen LogP) is 11.7. The molecular weight excluding hydrogens is 580 g/mol. The van der Waals surface area contributed by atoms with Gasteiger partial charge in [-0.15, -0.1) is 0 Å². The van der Waals surface area contributed by atoms with Gasteiger partial charge in [0.2, 0.25) is 5.91 Å². The molecule has 2 rings (SSSR count). The molecule has 47 heavy (non-hydrogen) atoms. The molecule has 0 aromatic carbocycles. The van der Waals surface area contributed by atoms with Crippen LogP contribution in [0.3, 0.4) is 0 Å². The topological polar surface area (TPSA) is 49.9 Å². The Morgan fingerprint density at radius 3 is 1.51 bits per heavy atom. The van der Waals surface area contributed by atoms with E-state index in [0.717, 1.165) is 51.7 Å². The molecule has 0 aliphatic carbocycles. The number of amides is 1. The van der Waals surface area contributed by atoms with Gasteiger partial charge in [-0.2, -0.15) is 0 Å². The molecule has 0 aromatic rings. The van der Waals surface area contributed by atoms with Gasteiger partial charge in [0.15, 0.2) is 0 Å². The number of unbranched alkanes of at least 4 members (excludes halogenated alkanes) is 23. The number of carbonyl (C=O) groups is 2. The summed E-state index contributed by atoms with van der Waals surface area (Å²) in [4.78, 5) is 31.2. The fraction of sp³-hybridized carbons (Fsp3) is 0.952. The summed E-state index contributed by atoms with van der Waals surface area (Å²) in [6.45, 7) is 8.13. The number of ether oxygens (including phenoxy) is 1. The minimum atomic E-state index is -0.145. The molecule has 0 saturated carbocycles. The van der Waals surface area contributed by atoms with Gasteiger partial charge >= 0.3 is 5.97 Å². The smallest absolute Gasteiger partial charge is 0.311 e. The van der Waals surface area contributed by atoms with E-state index in [2.05, 4.69) is 30.7 Å². The number of piperidine rings is 2. The van der Waals surface area contributed by atoms with E-state index >= 15 is 0 Å². The summed E-state index contributed by atoms with van der Waals surface area (Å²) in [6.07, 6.45) is 37.7. The van der Waals surface area contributed by atoms with E-state index in [9.17, 15) is 9.59 Å². The van der Waals surface area contributed by atoms with Crippen molar-refractivity contribution in [2.45, 2.75) is 213 Å². The van der Waals surface area contributed by atoms with E-state index < -0.39 is 0 Å². The summed E-state index contributed by atoms with van der Waals surface area (Å²) in [5, 5.41) is 0. The maximum absolute atomic E-state index is 13.5. The number of likely N-dealkylation sites (tertiary alicyclic amines) is 2. The van der Waals surface area contributed by atoms with E-state index in [1.807, 2.05) is 0 Å². The van der Waals surface area contributed by atoms with Gasteiger partial charge in [0.05, 0.1) is 12.5 Å². The Hall–Kier alpha value is -1.10. The van der Waals surface area contributed by atoms with Crippen LogP contribution in [0.4, 0.5) is 0 Å². The van der Waals surface area contributed by atoms with E-state index in [-0.39, 0.29) is 23.8 Å². The SMILES string of the molecule is CCCCCCCCCCCCCCCCC[C@@H]1[C@@H](C(=O)OCC2CCN(C)CC2)CCC(=O)N1CCCCCCCCCCCC. The number of esters is 1. The van der Waals surface area contributed by atoms with Gasteiger partial charge in [0, 0.05) is 19.0 Å². The summed E-state index contributed by atoms with van der Waals surface area (Å²) in [7, 11) is 2.17. The summed E-state index contributed by atoms with van der Waals surface area (Å²) in [5.41, 5.74) is 0. The Kier molecular flexibility index (Phi) is 25.7. The van der Waals surface area contributed by atoms with Crippen LogP contribution in [0, 0.1) is 11.8 Å². The fourth-order valence-corrected chi connectivity index (χ4v) is 7.97. The maximum atomic E-state index is 13.5. The summed E-state index contributed by atoms with van der Waals surface area (Å²) >= 11 is 0. The van der Waals surface area contributed by atoms with Crippen molar-refractivity contribution >= 4 is 11.9 Å². The monoisotopic (exact) mass is 661 g/mol. The van der Waals surface area contributed by atoms with Crippen molar-refractivity contribution in [3.63, 3.8) is 0 Å². The van der Waals surface area contributed by atoms with Crippen molar-refractivity contribution in [3.05, 3.63) is 0 Å². The van der Waals surface area contributed by atoms with Crippen molar-refractivity contribution in [3.8, 4) is 0 Å². The second-order valence-electron chi connectivity index (χ2n) is 15.6. The van der Waals surface area contributed by atoms with Gasteiger partial charge in [-0.05, 0) is 58.2 Å². The van der Waals surface area contributed by atoms with Gasteiger partial charge in [-0.25, -0.2) is 0 Å². The molecule has 2 saturated heterocycles. The highest BCUT2D eigenvalue weighted by molar-refractivity contribution is 5.82. The zero-order chi connectivity index (χ0) is 33.8. The van der Waals surface area contributed by atoms with Crippen LogP contribution in [0.2, 0.25) is 0 Å². The standard InChI is InChI=1S/C42H80N2O3/c1-4-6-8-10-12-14-16-17-18-19-20-21-23-25-27-29-40-39(42(46)47-37-38-32-35-43(3)36-33-38)30-31-41(45)44(40)34-28-26-24-22-15-13-11-9-7-5-2/h38-40H,4-37H2,1-3H3/t39-,40+/m0/s1. The lowest BCUT2D eigenvalue weighted by molar-refractivity contribution is -0.158. The van der Waals surface area contributed by atoms with E-state index in [1.54, 1.807) is 0 Å². The van der Waals surface area contributed by atoms with Crippen molar-refractivity contribution in [1.29, 1.82) is 0 Å². The highest BCUT2D eigenvalue weighted by Crippen LogP contribution is 2.31. The number of hydrogen-bond acceptors (Lipinski definition) is 4. The molecule has 5 nitrogen and oxygen atoms in total. The summed E-state index contributed by atoms with van der Waals surface area (Å²) in [6, 6.07) is 0.0294. The third-order valence-corrected chi connectivity index (χ3v) is 11.3. The number of carbonyl (C=O) groups excluding carboxylic acids is 2. The second kappa shape index (κ2) is 28.7. The molecule has 2 aliphatic heterocycles. The largest absolute Gasteiger partial charge is 0.465 e. The molecule has 0 bridgehead atoms. The normalized spacial score (nSPS) is 19.5. The molecule has 0 radical (unpaired) electrons. The minimum absolute atomic E-state index is 0.0294. The third kappa shape index (κ3) is 20.2. The van der Waals surface area contributed by atoms with Gasteiger partial charge in [0.1, 0.15) is 0 Å². The molecule has 2 heterocycles. The van der Waals surface area contributed by atoms with Crippen molar-refractivity contribution in [2.75, 3.05) is 33.3 Å². The highest BCUT2D eigenvalue weighted by atomic mass is 16.5. The summed E-state index contributed by atoms with van der Waals surface area (Å²) in [5.74, 6) is 0.576. The lowest BCUT2D eigenvalue weighted by Crippen LogP contribution is -2.51. The van der Waals surface area contributed by atoms with Crippen LogP contribution in [-0.2, 0) is 14.3 Å². The Morgan fingerprint density at radius 1 is 0.617 bits per heavy atom. The highest BCUT2D eigenvalue weighted by Gasteiger charge is 2.40. The minimum Gasteiger partial charge on any atom is -0.465 e. The fourth-order valence-electron chi connectivity index (χ4n) is 7.97. The van der Waals surface area contributed by atoms with Crippen LogP contribution in [0.25, 0.3) is 0 Å². The molecule has 0 N–H and O–H groups in total. The average Bonchev–Trinajstić information content (AvgIpc) is 3.07. The number of rotatable bonds is 30. The first kappa shape index (κ1) is 42.1. The van der Waals surface area contributed by atoms with Crippen LogP contribution in [0.1, 0.15) is 206 Å². The Labute approximate surface area is 293 Å². The van der Waals surface area contributed by atoms with E-state index in [1.165, 1.54) is 148 Å². The van der Waals surface area contributed by atoms with Crippen LogP contribution >= 0.6 is 0 Å². The second-order valence-corrected chi connectivity index (χ2v) is 15.6. The van der Waals surface area contributed by atoms with Crippen LogP contribution in [0.15, 0.2) is 0 Å². The van der Waals surface area contributed by atoms with Crippen LogP contribution < -0.4 is 0 Å². The third-order valence-electron chi connectivity index (χ3n) is 11.3. The Bertz CT molecular complexity index is 750. The average molecular weight is 661 g/mol. The molecule has 0 spiro atoms. The molecule has 2 fully saturated rings. The van der Waals surface area contributed by atoms with Crippen LogP contribution in [0.5, 0.6) is 0 Å². The lowest BCUT2D eigenvalue weighted by atomic mass is 9.85. The first-order chi connectivity index (χ1) is 23.1. The van der Waals surface area contributed by atoms with E-state index in [4.69, 9.17) is 4.74 Å². The Balaban J connectivity index is 1.72. The van der Waals surface area contributed by atoms with Crippen molar-refractivity contribution < 1.29 is 14.3 Å². The van der Waals surface area contributed by atoms with Gasteiger partial charge in [0.25, 0.3) is 0 Å². The molecular formula is C42H80N2O3. The van der Waals surface area contributed by atoms with Crippen LogP contribution in [-0.4, -0.2) is 61.0 Å². The zero-order valence-electron chi connectivity index (χ0n) is 31.9. The number of hydrogen-bond donors (Lipinski definition) is 0. The van der Waals surface area contributed by atoms with E-state index in [0.29, 0.717) is 25.4 Å². The molecule has 2 aliphatic rings. The Morgan fingerprint density at radius 2 is 1.04 bits per heavy atom. The number of nitrogens with zero attached hydrogens (tertiary/aromatic N) is 2. The van der Waals surface area contributed by atoms with Crippen molar-refractivity contribution in [2.24, 2.45) is 11.8 Å². The predicted molar refractivity (Wildman–Crippen MR) is 201 cm³/mol. The van der Waals surface area contributed by atoms with Gasteiger partial charge in [-0.1, -0.05) is 168 Å². The lowest BCUT2D eigenvalue weighted by Gasteiger charge is -2.40. The van der Waals surface area contributed by atoms with Crippen molar-refractivity contribution in [1.82, 2.24) is 9.80 Å². The molecule has 0 unspecified atom stereocenters. The first-order valence-corrected chi connectivity index (χ1v) is 21.2.